The van der Waals surface area contributed by atoms with Crippen LogP contribution in [0, 0.1) is 0 Å². The molecule has 1 nitrogen and oxygen atoms in total. The summed E-state index contributed by atoms with van der Waals surface area (Å²) in [6, 6.07) is 9.07. The van der Waals surface area contributed by atoms with Gasteiger partial charge in [-0.25, -0.2) is 0 Å². The highest BCUT2D eigenvalue weighted by Gasteiger charge is 2.13. The largest absolute Gasteiger partial charge is 0.326 e. The van der Waals surface area contributed by atoms with Crippen molar-refractivity contribution in [2.24, 2.45) is 5.73 Å². The molecule has 0 aromatic heterocycles. The minimum Gasteiger partial charge on any atom is -0.326 e. The fourth-order valence-corrected chi connectivity index (χ4v) is 2.58. The molecule has 0 spiro atoms. The Morgan fingerprint density at radius 1 is 0.778 bits per heavy atom. The van der Waals surface area contributed by atoms with E-state index in [0.29, 0.717) is 26.6 Å². The molecule has 2 rings (SSSR count). The standard InChI is InChI=1S/C13H9Cl4N/c14-10-4-3-9(12(16)13(10)17)8-2-1-7(6-18)5-11(8)15/h1-5H,6,18H2. The van der Waals surface area contributed by atoms with Crippen LogP contribution in [0.4, 0.5) is 0 Å². The summed E-state index contributed by atoms with van der Waals surface area (Å²) in [5.41, 5.74) is 8.07. The third-order valence-corrected chi connectivity index (χ3v) is 4.20. The van der Waals surface area contributed by atoms with Crippen molar-refractivity contribution >= 4 is 46.4 Å². The summed E-state index contributed by atoms with van der Waals surface area (Å²) in [4.78, 5) is 0. The lowest BCUT2D eigenvalue weighted by molar-refractivity contribution is 1.07. The quantitative estimate of drug-likeness (QED) is 0.734. The van der Waals surface area contributed by atoms with Crippen molar-refractivity contribution in [2.45, 2.75) is 6.54 Å². The summed E-state index contributed by atoms with van der Waals surface area (Å²) in [6.07, 6.45) is 0. The van der Waals surface area contributed by atoms with Gasteiger partial charge in [0.05, 0.1) is 15.1 Å². The van der Waals surface area contributed by atoms with Crippen molar-refractivity contribution in [3.63, 3.8) is 0 Å². The van der Waals surface area contributed by atoms with Crippen molar-refractivity contribution in [1.29, 1.82) is 0 Å². The van der Waals surface area contributed by atoms with Gasteiger partial charge in [-0.2, -0.15) is 0 Å². The number of hydrogen-bond acceptors (Lipinski definition) is 1. The van der Waals surface area contributed by atoms with Gasteiger partial charge >= 0.3 is 0 Å². The van der Waals surface area contributed by atoms with Crippen LogP contribution in [0.3, 0.4) is 0 Å². The predicted molar refractivity (Wildman–Crippen MR) is 79.8 cm³/mol. The molecule has 0 aliphatic carbocycles. The van der Waals surface area contributed by atoms with Crippen molar-refractivity contribution in [3.05, 3.63) is 56.0 Å². The second kappa shape index (κ2) is 5.68. The van der Waals surface area contributed by atoms with E-state index in [1.165, 1.54) is 0 Å². The number of nitrogens with two attached hydrogens (primary N) is 1. The highest BCUT2D eigenvalue weighted by molar-refractivity contribution is 6.49. The van der Waals surface area contributed by atoms with Gasteiger partial charge in [0.15, 0.2) is 0 Å². The molecule has 0 unspecified atom stereocenters. The Bertz CT molecular complexity index is 596. The minimum atomic E-state index is 0.329. The topological polar surface area (TPSA) is 26.0 Å². The molecule has 0 radical (unpaired) electrons. The molecule has 0 saturated carbocycles. The van der Waals surface area contributed by atoms with Crippen molar-refractivity contribution in [2.75, 3.05) is 0 Å². The first-order valence-electron chi connectivity index (χ1n) is 5.17. The normalized spacial score (nSPS) is 10.7. The molecular weight excluding hydrogens is 312 g/mol. The third-order valence-electron chi connectivity index (χ3n) is 2.59. The average Bonchev–Trinajstić information content (AvgIpc) is 2.37. The monoisotopic (exact) mass is 319 g/mol. The van der Waals surface area contributed by atoms with E-state index in [9.17, 15) is 0 Å². The first-order chi connectivity index (χ1) is 8.54. The molecule has 2 N–H and O–H groups in total. The molecule has 0 atom stereocenters. The molecule has 0 aliphatic rings. The summed E-state index contributed by atoms with van der Waals surface area (Å²) in [5, 5.41) is 1.72. The first kappa shape index (κ1) is 14.0. The van der Waals surface area contributed by atoms with Gasteiger partial charge in [0.2, 0.25) is 0 Å². The Morgan fingerprint density at radius 2 is 1.44 bits per heavy atom. The van der Waals surface area contributed by atoms with E-state index < -0.39 is 0 Å². The summed E-state index contributed by atoms with van der Waals surface area (Å²) in [7, 11) is 0. The van der Waals surface area contributed by atoms with Crippen molar-refractivity contribution in [1.82, 2.24) is 0 Å². The van der Waals surface area contributed by atoms with Gasteiger partial charge in [0.25, 0.3) is 0 Å². The lowest BCUT2D eigenvalue weighted by Gasteiger charge is -2.10. The number of hydrogen-bond donors (Lipinski definition) is 1. The minimum absolute atomic E-state index is 0.329. The van der Waals surface area contributed by atoms with Gasteiger partial charge in [-0.05, 0) is 17.7 Å². The van der Waals surface area contributed by atoms with Crippen LogP contribution in [0.1, 0.15) is 5.56 Å². The second-order valence-corrected chi connectivity index (χ2v) is 5.31. The van der Waals surface area contributed by atoms with E-state index in [0.717, 1.165) is 16.7 Å². The van der Waals surface area contributed by atoms with Crippen LogP contribution in [0.5, 0.6) is 0 Å². The van der Waals surface area contributed by atoms with E-state index in [1.807, 2.05) is 18.2 Å². The van der Waals surface area contributed by atoms with Crippen LogP contribution < -0.4 is 5.73 Å². The van der Waals surface area contributed by atoms with Gasteiger partial charge in [0, 0.05) is 22.7 Å². The maximum atomic E-state index is 6.22. The lowest BCUT2D eigenvalue weighted by Crippen LogP contribution is -1.96. The third kappa shape index (κ3) is 2.61. The van der Waals surface area contributed by atoms with Crippen LogP contribution in [0.2, 0.25) is 20.1 Å². The summed E-state index contributed by atoms with van der Waals surface area (Å²) < 4.78 is 0. The Hall–Kier alpha value is -0.440. The maximum Gasteiger partial charge on any atom is 0.0784 e. The Labute approximate surface area is 125 Å². The average molecular weight is 321 g/mol. The molecule has 0 heterocycles. The molecule has 2 aromatic rings. The van der Waals surface area contributed by atoms with E-state index in [-0.39, 0.29) is 0 Å². The zero-order valence-corrected chi connectivity index (χ0v) is 12.2. The van der Waals surface area contributed by atoms with Gasteiger partial charge in [-0.1, -0.05) is 64.6 Å². The zero-order chi connectivity index (χ0) is 13.3. The van der Waals surface area contributed by atoms with E-state index in [2.05, 4.69) is 0 Å². The molecule has 0 bridgehead atoms. The maximum absolute atomic E-state index is 6.22. The highest BCUT2D eigenvalue weighted by atomic mass is 35.5. The van der Waals surface area contributed by atoms with Gasteiger partial charge in [-0.3, -0.25) is 0 Å². The molecule has 18 heavy (non-hydrogen) atoms. The van der Waals surface area contributed by atoms with Crippen LogP contribution in [0.25, 0.3) is 11.1 Å². The Morgan fingerprint density at radius 3 is 2.06 bits per heavy atom. The molecule has 0 aliphatic heterocycles. The van der Waals surface area contributed by atoms with Crippen molar-refractivity contribution in [3.8, 4) is 11.1 Å². The second-order valence-electron chi connectivity index (χ2n) is 3.74. The summed E-state index contributed by atoms with van der Waals surface area (Å²) >= 11 is 24.3. The molecule has 2 aromatic carbocycles. The lowest BCUT2D eigenvalue weighted by atomic mass is 10.0. The smallest absolute Gasteiger partial charge is 0.0784 e. The zero-order valence-electron chi connectivity index (χ0n) is 9.18. The van der Waals surface area contributed by atoms with Gasteiger partial charge < -0.3 is 5.73 Å². The van der Waals surface area contributed by atoms with E-state index in [1.54, 1.807) is 12.1 Å². The van der Waals surface area contributed by atoms with Crippen LogP contribution in [-0.2, 0) is 6.54 Å². The summed E-state index contributed by atoms with van der Waals surface area (Å²) in [5.74, 6) is 0. The number of halogens is 4. The van der Waals surface area contributed by atoms with Crippen LogP contribution in [0.15, 0.2) is 30.3 Å². The molecule has 5 heteroatoms. The fraction of sp³-hybridized carbons (Fsp3) is 0.0769. The van der Waals surface area contributed by atoms with Gasteiger partial charge in [0.1, 0.15) is 0 Å². The molecule has 94 valence electrons. The number of benzene rings is 2. The van der Waals surface area contributed by atoms with Gasteiger partial charge in [-0.15, -0.1) is 0 Å². The fourth-order valence-electron chi connectivity index (χ4n) is 1.64. The SMILES string of the molecule is NCc1ccc(-c2ccc(Cl)c(Cl)c2Cl)c(Cl)c1. The highest BCUT2D eigenvalue weighted by Crippen LogP contribution is 2.40. The summed E-state index contributed by atoms with van der Waals surface area (Å²) in [6.45, 7) is 0.440. The first-order valence-corrected chi connectivity index (χ1v) is 6.68. The number of rotatable bonds is 2. The van der Waals surface area contributed by atoms with Crippen LogP contribution in [-0.4, -0.2) is 0 Å². The van der Waals surface area contributed by atoms with Crippen molar-refractivity contribution < 1.29 is 0 Å². The Balaban J connectivity index is 2.59. The molecule has 0 amide bonds. The molecular formula is C13H9Cl4N. The molecule has 0 saturated heterocycles. The van der Waals surface area contributed by atoms with E-state index in [4.69, 9.17) is 52.1 Å². The predicted octanol–water partition coefficient (Wildman–Crippen LogP) is 5.43. The van der Waals surface area contributed by atoms with Crippen LogP contribution >= 0.6 is 46.4 Å². The van der Waals surface area contributed by atoms with E-state index >= 15 is 0 Å². The molecule has 0 fully saturated rings. The Kier molecular flexibility index (Phi) is 4.41.